The van der Waals surface area contributed by atoms with Gasteiger partial charge in [0.25, 0.3) is 11.8 Å². The van der Waals surface area contributed by atoms with Crippen molar-refractivity contribution in [2.24, 2.45) is 0 Å². The molecule has 0 saturated heterocycles. The van der Waals surface area contributed by atoms with Crippen LogP contribution in [0, 0.1) is 0 Å². The molecule has 1 aliphatic carbocycles. The second-order valence-corrected chi connectivity index (χ2v) is 15.3. The van der Waals surface area contributed by atoms with Gasteiger partial charge in [-0.1, -0.05) is 49.6 Å². The summed E-state index contributed by atoms with van der Waals surface area (Å²) in [6, 6.07) is 17.2. The van der Waals surface area contributed by atoms with Crippen LogP contribution in [0.15, 0.2) is 54.6 Å². The standard InChI is InChI=1S/C35H44N4O4S/c1-35(2,3)44(43)39-22-27-21-29(33(41)36-28-12-7-6-8-13-28)37-32(31(27)30(39)18-19-40)26-11-9-10-25(20-26)23-14-16-24(17-15-23)34(42)38(4)5/h9-11,14-17,20-21,28,30,40H,6-8,12-13,18-19,22H2,1-5H3,(H,36,41)/t30-,44-/m1/s1. The fraction of sp³-hybridized carbons (Fsp3) is 0.457. The van der Waals surface area contributed by atoms with Crippen LogP contribution >= 0.6 is 0 Å². The second-order valence-electron chi connectivity index (χ2n) is 13.1. The molecule has 2 atom stereocenters. The quantitative estimate of drug-likeness (QED) is 0.329. The Morgan fingerprint density at radius 2 is 1.68 bits per heavy atom. The normalized spacial score (nSPS) is 18.1. The van der Waals surface area contributed by atoms with Crippen molar-refractivity contribution in [1.82, 2.24) is 19.5 Å². The largest absolute Gasteiger partial charge is 0.396 e. The van der Waals surface area contributed by atoms with Crippen LogP contribution in [0.4, 0.5) is 0 Å². The first-order chi connectivity index (χ1) is 21.0. The number of fused-ring (bicyclic) bond motifs is 1. The van der Waals surface area contributed by atoms with Crippen molar-refractivity contribution in [3.8, 4) is 22.4 Å². The lowest BCUT2D eigenvalue weighted by atomic mass is 9.93. The SMILES string of the molecule is CN(C)C(=O)c1ccc(-c2cccc(-c3nc(C(=O)NC4CCCCC4)cc4c3[C@@H](CCO)N([S@](=O)C(C)(C)C)C4)c2)cc1. The van der Waals surface area contributed by atoms with Gasteiger partial charge in [0.05, 0.1) is 16.5 Å². The molecular weight excluding hydrogens is 572 g/mol. The third kappa shape index (κ3) is 6.80. The summed E-state index contributed by atoms with van der Waals surface area (Å²) in [7, 11) is 2.13. The molecular formula is C35H44N4O4S. The van der Waals surface area contributed by atoms with Crippen molar-refractivity contribution < 1.29 is 18.9 Å². The number of amides is 2. The zero-order valence-electron chi connectivity index (χ0n) is 26.4. The van der Waals surface area contributed by atoms with E-state index in [2.05, 4.69) is 5.32 Å². The van der Waals surface area contributed by atoms with Gasteiger partial charge < -0.3 is 15.3 Å². The van der Waals surface area contributed by atoms with Gasteiger partial charge in [-0.3, -0.25) is 9.59 Å². The van der Waals surface area contributed by atoms with Crippen LogP contribution in [0.3, 0.4) is 0 Å². The van der Waals surface area contributed by atoms with Crippen LogP contribution in [0.25, 0.3) is 22.4 Å². The highest BCUT2D eigenvalue weighted by atomic mass is 32.2. The molecule has 0 unspecified atom stereocenters. The molecule has 2 amide bonds. The topological polar surface area (TPSA) is 103 Å². The fourth-order valence-electron chi connectivity index (χ4n) is 6.22. The summed E-state index contributed by atoms with van der Waals surface area (Å²) < 4.78 is 15.2. The molecule has 2 heterocycles. The van der Waals surface area contributed by atoms with E-state index >= 15 is 0 Å². The number of aliphatic hydroxyl groups excluding tert-OH is 1. The lowest BCUT2D eigenvalue weighted by molar-refractivity contribution is 0.0827. The smallest absolute Gasteiger partial charge is 0.270 e. The number of hydrogen-bond donors (Lipinski definition) is 2. The lowest BCUT2D eigenvalue weighted by Gasteiger charge is -2.30. The highest BCUT2D eigenvalue weighted by molar-refractivity contribution is 7.84. The Balaban J connectivity index is 1.59. The van der Waals surface area contributed by atoms with Crippen molar-refractivity contribution >= 4 is 22.8 Å². The van der Waals surface area contributed by atoms with E-state index in [1.54, 1.807) is 19.0 Å². The molecule has 44 heavy (non-hydrogen) atoms. The minimum Gasteiger partial charge on any atom is -0.396 e. The number of benzene rings is 2. The molecule has 8 nitrogen and oxygen atoms in total. The van der Waals surface area contributed by atoms with Crippen molar-refractivity contribution in [2.45, 2.75) is 82.7 Å². The number of nitrogens with one attached hydrogen (secondary N) is 1. The summed E-state index contributed by atoms with van der Waals surface area (Å²) in [5.74, 6) is -0.243. The fourth-order valence-corrected chi connectivity index (χ4v) is 7.62. The Bertz CT molecular complexity index is 1540. The number of hydrogen-bond acceptors (Lipinski definition) is 5. The number of aromatic nitrogens is 1. The minimum absolute atomic E-state index is 0.0551. The van der Waals surface area contributed by atoms with E-state index in [0.717, 1.165) is 53.5 Å². The lowest BCUT2D eigenvalue weighted by Crippen LogP contribution is -2.36. The van der Waals surface area contributed by atoms with Crippen molar-refractivity contribution in [2.75, 3.05) is 20.7 Å². The van der Waals surface area contributed by atoms with E-state index in [4.69, 9.17) is 4.98 Å². The first-order valence-corrected chi connectivity index (χ1v) is 16.6. The van der Waals surface area contributed by atoms with Gasteiger partial charge >= 0.3 is 0 Å². The number of carbonyl (C=O) groups is 2. The number of nitrogens with zero attached hydrogens (tertiary/aromatic N) is 3. The Morgan fingerprint density at radius 1 is 1.00 bits per heavy atom. The number of pyridine rings is 1. The molecule has 9 heteroatoms. The molecule has 5 rings (SSSR count). The van der Waals surface area contributed by atoms with Gasteiger partial charge in [0, 0.05) is 50.0 Å². The molecule has 1 aromatic heterocycles. The van der Waals surface area contributed by atoms with Crippen molar-refractivity contribution in [1.29, 1.82) is 0 Å². The van der Waals surface area contributed by atoms with E-state index in [9.17, 15) is 18.9 Å². The summed E-state index contributed by atoms with van der Waals surface area (Å²) in [4.78, 5) is 32.5. The molecule has 1 saturated carbocycles. The summed E-state index contributed by atoms with van der Waals surface area (Å²) in [6.07, 6.45) is 5.77. The van der Waals surface area contributed by atoms with Gasteiger partial charge in [-0.05, 0) is 81.0 Å². The third-order valence-corrected chi connectivity index (χ3v) is 10.3. The van der Waals surface area contributed by atoms with Gasteiger partial charge in [-0.25, -0.2) is 13.5 Å². The zero-order chi connectivity index (χ0) is 31.6. The number of rotatable bonds is 8. The maximum atomic E-state index is 13.7. The molecule has 234 valence electrons. The maximum Gasteiger partial charge on any atom is 0.270 e. The summed E-state index contributed by atoms with van der Waals surface area (Å²) in [5.41, 5.74) is 6.21. The average molecular weight is 617 g/mol. The van der Waals surface area contributed by atoms with Gasteiger partial charge in [0.1, 0.15) is 16.7 Å². The number of carbonyl (C=O) groups excluding carboxylic acids is 2. The second kappa shape index (κ2) is 13.3. The molecule has 0 spiro atoms. The Labute approximate surface area is 263 Å². The van der Waals surface area contributed by atoms with E-state index in [0.29, 0.717) is 29.9 Å². The zero-order valence-corrected chi connectivity index (χ0v) is 27.2. The van der Waals surface area contributed by atoms with E-state index in [1.165, 1.54) is 6.42 Å². The van der Waals surface area contributed by atoms with Crippen molar-refractivity contribution in [3.05, 3.63) is 77.0 Å². The first kappa shape index (κ1) is 32.0. The molecule has 2 aliphatic rings. The van der Waals surface area contributed by atoms with Crippen LogP contribution in [0.1, 0.15) is 97.3 Å². The van der Waals surface area contributed by atoms with Crippen molar-refractivity contribution in [3.63, 3.8) is 0 Å². The number of aliphatic hydroxyl groups is 1. The summed E-state index contributed by atoms with van der Waals surface area (Å²) >= 11 is 0. The Hall–Kier alpha value is -3.40. The Morgan fingerprint density at radius 3 is 2.32 bits per heavy atom. The highest BCUT2D eigenvalue weighted by Crippen LogP contribution is 2.44. The van der Waals surface area contributed by atoms with Crippen LogP contribution < -0.4 is 5.32 Å². The van der Waals surface area contributed by atoms with Crippen LogP contribution in [-0.4, -0.2) is 66.8 Å². The molecule has 0 bridgehead atoms. The summed E-state index contributed by atoms with van der Waals surface area (Å²) in [6.45, 7) is 6.19. The van der Waals surface area contributed by atoms with E-state index in [-0.39, 0.29) is 30.5 Å². The van der Waals surface area contributed by atoms with Gasteiger partial charge in [-0.2, -0.15) is 0 Å². The van der Waals surface area contributed by atoms with Crippen LogP contribution in [0.2, 0.25) is 0 Å². The Kier molecular flexibility index (Phi) is 9.68. The molecule has 0 radical (unpaired) electrons. The average Bonchev–Trinajstić information content (AvgIpc) is 3.38. The van der Waals surface area contributed by atoms with Crippen LogP contribution in [0.5, 0.6) is 0 Å². The molecule has 1 aliphatic heterocycles. The first-order valence-electron chi connectivity index (χ1n) is 15.5. The highest BCUT2D eigenvalue weighted by Gasteiger charge is 2.40. The minimum atomic E-state index is -1.34. The molecule has 2 N–H and O–H groups in total. The maximum absolute atomic E-state index is 13.7. The predicted molar refractivity (Wildman–Crippen MR) is 175 cm³/mol. The van der Waals surface area contributed by atoms with E-state index in [1.807, 2.05) is 79.7 Å². The van der Waals surface area contributed by atoms with Gasteiger partial charge in [0.15, 0.2) is 0 Å². The van der Waals surface area contributed by atoms with Gasteiger partial charge in [-0.15, -0.1) is 0 Å². The van der Waals surface area contributed by atoms with Gasteiger partial charge in [0.2, 0.25) is 0 Å². The molecule has 3 aromatic rings. The van der Waals surface area contributed by atoms with Crippen LogP contribution in [-0.2, 0) is 17.5 Å². The predicted octanol–water partition coefficient (Wildman–Crippen LogP) is 5.88. The van der Waals surface area contributed by atoms with E-state index < -0.39 is 15.7 Å². The third-order valence-electron chi connectivity index (χ3n) is 8.47. The summed E-state index contributed by atoms with van der Waals surface area (Å²) in [5, 5.41) is 13.3. The monoisotopic (exact) mass is 616 g/mol. The molecule has 1 fully saturated rings. The molecule has 2 aromatic carbocycles.